The summed E-state index contributed by atoms with van der Waals surface area (Å²) < 4.78 is 11.7. The molecule has 0 aromatic heterocycles. The van der Waals surface area contributed by atoms with Crippen molar-refractivity contribution >= 4 is 48.3 Å². The van der Waals surface area contributed by atoms with Gasteiger partial charge >= 0.3 is 277 Å². The van der Waals surface area contributed by atoms with Crippen LogP contribution in [0.5, 0.6) is 0 Å². The third-order valence-corrected chi connectivity index (χ3v) is 11.4. The van der Waals surface area contributed by atoms with Crippen LogP contribution < -0.4 is 10.6 Å². The first-order valence-electron chi connectivity index (χ1n) is 15.2. The van der Waals surface area contributed by atoms with Gasteiger partial charge in [-0.1, -0.05) is 0 Å². The Labute approximate surface area is 276 Å². The molecule has 2 amide bonds. The first-order valence-corrected chi connectivity index (χ1v) is 17.2. The van der Waals surface area contributed by atoms with Gasteiger partial charge in [0.2, 0.25) is 0 Å². The summed E-state index contributed by atoms with van der Waals surface area (Å²) in [6.07, 6.45) is -8.28. The Bertz CT molecular complexity index is 1620. The Hall–Kier alpha value is -3.46. The number of carbonyl (C=O) groups is 2. The van der Waals surface area contributed by atoms with E-state index in [1.807, 2.05) is 48.5 Å². The second-order valence-electron chi connectivity index (χ2n) is 11.7. The number of rotatable bonds is 8. The van der Waals surface area contributed by atoms with E-state index in [9.17, 15) is 40.2 Å². The van der Waals surface area contributed by atoms with Crippen molar-refractivity contribution in [3.8, 4) is 0 Å². The molecule has 2 heterocycles. The fraction of sp³-hybridized carbons (Fsp3) is 0.353. The maximum absolute atomic E-state index is 13.3. The van der Waals surface area contributed by atoms with Crippen molar-refractivity contribution in [2.75, 3.05) is 13.2 Å². The van der Waals surface area contributed by atoms with Gasteiger partial charge in [-0.05, 0) is 0 Å². The third kappa shape index (κ3) is 6.92. The van der Waals surface area contributed by atoms with Crippen molar-refractivity contribution in [2.45, 2.75) is 58.7 Å². The normalized spacial score (nSPS) is 31.0. The molecule has 0 bridgehead atoms. The van der Waals surface area contributed by atoms with Gasteiger partial charge in [0.25, 0.3) is 0 Å². The van der Waals surface area contributed by atoms with Gasteiger partial charge in [0.05, 0.1) is 0 Å². The molecule has 6 rings (SSSR count). The molecular weight excluding hydrogens is 675 g/mol. The van der Waals surface area contributed by atoms with Crippen molar-refractivity contribution < 1.29 is 49.7 Å². The molecule has 12 nitrogen and oxygen atoms in total. The predicted molar refractivity (Wildman–Crippen MR) is 172 cm³/mol. The molecule has 13 heteroatoms. The summed E-state index contributed by atoms with van der Waals surface area (Å²) in [6, 6.07) is 22.7. The van der Waals surface area contributed by atoms with E-state index in [1.165, 1.54) is 0 Å². The van der Waals surface area contributed by atoms with Crippen LogP contribution in [0.15, 0.2) is 84.9 Å². The standard InChI is InChI=1S/C34H36N2O10Se/c37-15-23-27(39)25(35-31(43)21-11-9-17-5-1-3-7-19(17)13-21)29(41)33(45-23)47-34-30(42)26(28(40)24(16-38)46-34)36-32(44)22-12-10-18-6-2-4-8-20(18)14-22/h1-14,23-30,33-34,37-42H,15-16H2,(H,35,43)(H,36,44)/t23?,24?,25-,26?,27-,28-,29?,30+,33-,34-/m0/s1. The Morgan fingerprint density at radius 1 is 0.574 bits per heavy atom. The summed E-state index contributed by atoms with van der Waals surface area (Å²) in [7, 11) is 0. The molecule has 0 spiro atoms. The van der Waals surface area contributed by atoms with Crippen LogP contribution >= 0.6 is 0 Å². The summed E-state index contributed by atoms with van der Waals surface area (Å²) in [4.78, 5) is 26.5. The van der Waals surface area contributed by atoms with Gasteiger partial charge < -0.3 is 0 Å². The van der Waals surface area contributed by atoms with Crippen LogP contribution in [0, 0.1) is 0 Å². The van der Waals surface area contributed by atoms with Crippen LogP contribution in [-0.4, -0.2) is 129 Å². The Balaban J connectivity index is 1.18. The van der Waals surface area contributed by atoms with Gasteiger partial charge in [0.1, 0.15) is 0 Å². The van der Waals surface area contributed by atoms with Crippen LogP contribution in [-0.2, 0) is 9.47 Å². The Kier molecular flexibility index (Phi) is 10.2. The number of fused-ring (bicyclic) bond motifs is 2. The monoisotopic (exact) mass is 712 g/mol. The molecule has 10 atom stereocenters. The molecule has 4 aromatic carbocycles. The summed E-state index contributed by atoms with van der Waals surface area (Å²) in [5.74, 6) is -1.12. The van der Waals surface area contributed by atoms with E-state index in [2.05, 4.69) is 10.6 Å². The molecule has 2 fully saturated rings. The molecule has 8 N–H and O–H groups in total. The van der Waals surface area contributed by atoms with E-state index < -0.39 is 98.7 Å². The third-order valence-electron chi connectivity index (χ3n) is 8.66. The number of aliphatic hydroxyl groups excluding tert-OH is 6. The number of ether oxygens (including phenoxy) is 2. The second kappa shape index (κ2) is 14.3. The predicted octanol–water partition coefficient (Wildman–Crippen LogP) is -0.528. The van der Waals surface area contributed by atoms with Crippen LogP contribution in [0.2, 0.25) is 0 Å². The molecule has 0 aliphatic carbocycles. The molecule has 2 aliphatic heterocycles. The Morgan fingerprint density at radius 3 is 1.34 bits per heavy atom. The topological polar surface area (TPSA) is 198 Å². The number of nitrogens with one attached hydrogen (secondary N) is 2. The van der Waals surface area contributed by atoms with Gasteiger partial charge in [-0.3, -0.25) is 0 Å². The molecule has 2 saturated heterocycles. The molecule has 0 saturated carbocycles. The molecule has 248 valence electrons. The number of carbonyl (C=O) groups excluding carboxylic acids is 2. The number of amides is 2. The molecule has 0 radical (unpaired) electrons. The zero-order valence-corrected chi connectivity index (χ0v) is 26.7. The van der Waals surface area contributed by atoms with Crippen molar-refractivity contribution in [1.29, 1.82) is 0 Å². The number of aliphatic hydroxyl groups is 6. The summed E-state index contributed by atoms with van der Waals surface area (Å²) in [6.45, 7) is -1.25. The Morgan fingerprint density at radius 2 is 0.957 bits per heavy atom. The van der Waals surface area contributed by atoms with Crippen LogP contribution in [0.3, 0.4) is 0 Å². The molecular formula is C34H36N2O10Se. The fourth-order valence-corrected chi connectivity index (χ4v) is 8.81. The van der Waals surface area contributed by atoms with Crippen molar-refractivity contribution in [1.82, 2.24) is 10.6 Å². The van der Waals surface area contributed by atoms with E-state index in [4.69, 9.17) is 9.47 Å². The minimum atomic E-state index is -1.49. The van der Waals surface area contributed by atoms with E-state index in [0.29, 0.717) is 11.1 Å². The average Bonchev–Trinajstić information content (AvgIpc) is 3.10. The van der Waals surface area contributed by atoms with E-state index in [0.717, 1.165) is 21.5 Å². The quantitative estimate of drug-likeness (QED) is 0.110. The maximum atomic E-state index is 13.3. The summed E-state index contributed by atoms with van der Waals surface area (Å²) >= 11 is -0.988. The average molecular weight is 712 g/mol. The van der Waals surface area contributed by atoms with E-state index in [1.54, 1.807) is 36.4 Å². The summed E-state index contributed by atoms with van der Waals surface area (Å²) in [5.41, 5.74) is 0.598. The molecule has 4 unspecified atom stereocenters. The van der Waals surface area contributed by atoms with Crippen LogP contribution in [0.1, 0.15) is 20.7 Å². The zero-order chi connectivity index (χ0) is 33.2. The van der Waals surface area contributed by atoms with Gasteiger partial charge in [-0.15, -0.1) is 0 Å². The van der Waals surface area contributed by atoms with Crippen molar-refractivity contribution in [2.24, 2.45) is 0 Å². The van der Waals surface area contributed by atoms with Gasteiger partial charge in [-0.25, -0.2) is 0 Å². The molecule has 47 heavy (non-hydrogen) atoms. The first-order chi connectivity index (χ1) is 22.7. The number of hydrogen-bond acceptors (Lipinski definition) is 10. The van der Waals surface area contributed by atoms with Crippen LogP contribution in [0.25, 0.3) is 21.5 Å². The minimum absolute atomic E-state index is 0.299. The van der Waals surface area contributed by atoms with Gasteiger partial charge in [0.15, 0.2) is 0 Å². The fourth-order valence-electron chi connectivity index (χ4n) is 6.00. The van der Waals surface area contributed by atoms with Crippen molar-refractivity contribution in [3.63, 3.8) is 0 Å². The zero-order valence-electron chi connectivity index (χ0n) is 25.0. The molecule has 2 aliphatic rings. The number of hydrogen-bond donors (Lipinski definition) is 8. The molecule has 4 aromatic rings. The summed E-state index contributed by atoms with van der Waals surface area (Å²) in [5, 5.41) is 71.1. The van der Waals surface area contributed by atoms with E-state index >= 15 is 0 Å². The van der Waals surface area contributed by atoms with Crippen molar-refractivity contribution in [3.05, 3.63) is 96.1 Å². The second-order valence-corrected chi connectivity index (χ2v) is 14.2. The first kappa shape index (κ1) is 33.4. The number of benzene rings is 4. The van der Waals surface area contributed by atoms with E-state index in [-0.39, 0.29) is 0 Å². The van der Waals surface area contributed by atoms with Gasteiger partial charge in [-0.2, -0.15) is 0 Å². The SMILES string of the molecule is O=C(NC1[C@@H](O)C(CO)O[C@@H]([Se][C@@H]2OC(CO)[C@H](O)[C@H](NC(=O)c3ccc4ccccc4c3)C2O)[C@@H]1O)c1ccc2ccccc2c1. The van der Waals surface area contributed by atoms with Crippen LogP contribution in [0.4, 0.5) is 0 Å². The van der Waals surface area contributed by atoms with Gasteiger partial charge in [0, 0.05) is 0 Å².